The fraction of sp³-hybridized carbons (Fsp3) is 0.214. The molecule has 19 heavy (non-hydrogen) atoms. The van der Waals surface area contributed by atoms with E-state index in [1.54, 1.807) is 12.1 Å². The minimum absolute atomic E-state index is 0.164. The zero-order valence-electron chi connectivity index (χ0n) is 11.1. The Morgan fingerprint density at radius 1 is 1.05 bits per heavy atom. The molecule has 0 spiro atoms. The lowest BCUT2D eigenvalue weighted by atomic mass is 10.3. The molecule has 0 saturated heterocycles. The van der Waals surface area contributed by atoms with Crippen LogP contribution in [0, 0.1) is 0 Å². The molecule has 5 nitrogen and oxygen atoms in total. The van der Waals surface area contributed by atoms with Gasteiger partial charge < -0.3 is 21.5 Å². The maximum Gasteiger partial charge on any atom is 0.149 e. The van der Waals surface area contributed by atoms with Crippen molar-refractivity contribution in [3.63, 3.8) is 0 Å². The third-order valence-electron chi connectivity index (χ3n) is 2.46. The molecule has 0 saturated carbocycles. The minimum atomic E-state index is 0.164. The van der Waals surface area contributed by atoms with Gasteiger partial charge in [0.1, 0.15) is 17.4 Å². The summed E-state index contributed by atoms with van der Waals surface area (Å²) < 4.78 is 5.57. The van der Waals surface area contributed by atoms with Gasteiger partial charge in [-0.3, -0.25) is 0 Å². The molecule has 1 aromatic heterocycles. The number of aromatic nitrogens is 1. The first-order valence-corrected chi connectivity index (χ1v) is 6.10. The number of rotatable bonds is 4. The van der Waals surface area contributed by atoms with Gasteiger partial charge in [0.2, 0.25) is 0 Å². The number of hydrogen-bond donors (Lipinski definition) is 3. The van der Waals surface area contributed by atoms with Crippen molar-refractivity contribution in [2.45, 2.75) is 20.0 Å². The second kappa shape index (κ2) is 5.48. The van der Waals surface area contributed by atoms with Gasteiger partial charge in [0.05, 0.1) is 11.8 Å². The average Bonchev–Trinajstić information content (AvgIpc) is 2.36. The lowest BCUT2D eigenvalue weighted by molar-refractivity contribution is 0.242. The Labute approximate surface area is 112 Å². The molecule has 0 atom stereocenters. The second-order valence-electron chi connectivity index (χ2n) is 4.49. The molecule has 0 aliphatic carbocycles. The Hall–Kier alpha value is -2.43. The molecule has 0 amide bonds. The molecule has 2 aromatic rings. The number of nitrogen functional groups attached to an aromatic ring is 2. The molecule has 100 valence electrons. The zero-order chi connectivity index (χ0) is 13.8. The van der Waals surface area contributed by atoms with E-state index in [0.717, 1.165) is 11.4 Å². The number of benzene rings is 1. The van der Waals surface area contributed by atoms with Crippen LogP contribution in [0.25, 0.3) is 0 Å². The van der Waals surface area contributed by atoms with E-state index in [0.29, 0.717) is 17.3 Å². The summed E-state index contributed by atoms with van der Waals surface area (Å²) in [6, 6.07) is 11.2. The average molecular weight is 258 g/mol. The molecular weight excluding hydrogens is 240 g/mol. The first-order valence-electron chi connectivity index (χ1n) is 6.10. The van der Waals surface area contributed by atoms with Gasteiger partial charge in [0.15, 0.2) is 0 Å². The van der Waals surface area contributed by atoms with Crippen molar-refractivity contribution >= 4 is 23.0 Å². The van der Waals surface area contributed by atoms with Crippen molar-refractivity contribution in [3.8, 4) is 5.75 Å². The maximum atomic E-state index is 5.66. The third-order valence-corrected chi connectivity index (χ3v) is 2.46. The summed E-state index contributed by atoms with van der Waals surface area (Å²) in [5.74, 6) is 1.82. The highest BCUT2D eigenvalue weighted by Crippen LogP contribution is 2.21. The normalized spacial score (nSPS) is 10.5. The number of ether oxygens (including phenoxy) is 1. The smallest absolute Gasteiger partial charge is 0.149 e. The van der Waals surface area contributed by atoms with Crippen molar-refractivity contribution < 1.29 is 4.74 Å². The number of nitrogens with two attached hydrogens (primary N) is 2. The van der Waals surface area contributed by atoms with Gasteiger partial charge in [0, 0.05) is 5.69 Å². The Morgan fingerprint density at radius 3 is 2.32 bits per heavy atom. The summed E-state index contributed by atoms with van der Waals surface area (Å²) >= 11 is 0. The molecule has 0 unspecified atom stereocenters. The minimum Gasteiger partial charge on any atom is -0.491 e. The van der Waals surface area contributed by atoms with Crippen LogP contribution >= 0.6 is 0 Å². The molecule has 1 aromatic carbocycles. The molecular formula is C14H18N4O. The standard InChI is InChI=1S/C14H18N4O/c1-9(2)19-11-5-3-10(4-6-11)17-13-8-7-12(15)14(16)18-13/h3-9H,15H2,1-2H3,(H3,16,17,18). The lowest BCUT2D eigenvalue weighted by Gasteiger charge is -2.11. The SMILES string of the molecule is CC(C)Oc1ccc(Nc2ccc(N)c(N)n2)cc1. The summed E-state index contributed by atoms with van der Waals surface area (Å²) in [4.78, 5) is 4.15. The Balaban J connectivity index is 2.08. The largest absolute Gasteiger partial charge is 0.491 e. The summed E-state index contributed by atoms with van der Waals surface area (Å²) in [6.45, 7) is 3.99. The molecule has 5 N–H and O–H groups in total. The summed E-state index contributed by atoms with van der Waals surface area (Å²) in [7, 11) is 0. The molecule has 0 aliphatic heterocycles. The first-order chi connectivity index (χ1) is 9.04. The molecule has 0 aliphatic rings. The van der Waals surface area contributed by atoms with Crippen molar-refractivity contribution in [2.75, 3.05) is 16.8 Å². The van der Waals surface area contributed by atoms with E-state index in [9.17, 15) is 0 Å². The maximum absolute atomic E-state index is 5.66. The Morgan fingerprint density at radius 2 is 1.74 bits per heavy atom. The van der Waals surface area contributed by atoms with Gasteiger partial charge in [-0.25, -0.2) is 4.98 Å². The molecule has 2 rings (SSSR count). The van der Waals surface area contributed by atoms with Crippen molar-refractivity contribution in [3.05, 3.63) is 36.4 Å². The quantitative estimate of drug-likeness (QED) is 0.785. The van der Waals surface area contributed by atoms with Gasteiger partial charge in [0.25, 0.3) is 0 Å². The van der Waals surface area contributed by atoms with Gasteiger partial charge in [-0.2, -0.15) is 0 Å². The molecule has 0 fully saturated rings. The van der Waals surface area contributed by atoms with Crippen LogP contribution in [-0.4, -0.2) is 11.1 Å². The van der Waals surface area contributed by atoms with Gasteiger partial charge in [-0.05, 0) is 50.2 Å². The van der Waals surface area contributed by atoms with Crippen LogP contribution < -0.4 is 21.5 Å². The van der Waals surface area contributed by atoms with Crippen LogP contribution in [-0.2, 0) is 0 Å². The van der Waals surface area contributed by atoms with Crippen LogP contribution in [0.15, 0.2) is 36.4 Å². The Bertz CT molecular complexity index is 552. The monoisotopic (exact) mass is 258 g/mol. The van der Waals surface area contributed by atoms with E-state index in [1.807, 2.05) is 38.1 Å². The summed E-state index contributed by atoms with van der Waals surface area (Å²) in [5.41, 5.74) is 12.7. The van der Waals surface area contributed by atoms with Crippen LogP contribution in [0.4, 0.5) is 23.0 Å². The fourth-order valence-electron chi connectivity index (χ4n) is 1.59. The van der Waals surface area contributed by atoms with Gasteiger partial charge in [-0.15, -0.1) is 0 Å². The van der Waals surface area contributed by atoms with E-state index in [1.165, 1.54) is 0 Å². The van der Waals surface area contributed by atoms with Crippen LogP contribution in [0.3, 0.4) is 0 Å². The second-order valence-corrected chi connectivity index (χ2v) is 4.49. The van der Waals surface area contributed by atoms with Crippen LogP contribution in [0.2, 0.25) is 0 Å². The van der Waals surface area contributed by atoms with E-state index in [-0.39, 0.29) is 6.10 Å². The van der Waals surface area contributed by atoms with Crippen LogP contribution in [0.5, 0.6) is 5.75 Å². The van der Waals surface area contributed by atoms with Crippen molar-refractivity contribution in [1.29, 1.82) is 0 Å². The Kier molecular flexibility index (Phi) is 3.75. The van der Waals surface area contributed by atoms with E-state index in [2.05, 4.69) is 10.3 Å². The topological polar surface area (TPSA) is 86.2 Å². The number of anilines is 4. The van der Waals surface area contributed by atoms with E-state index in [4.69, 9.17) is 16.2 Å². The molecule has 0 radical (unpaired) electrons. The summed E-state index contributed by atoms with van der Waals surface area (Å²) in [5, 5.41) is 3.15. The van der Waals surface area contributed by atoms with Crippen LogP contribution in [0.1, 0.15) is 13.8 Å². The number of nitrogens with one attached hydrogen (secondary N) is 1. The predicted molar refractivity (Wildman–Crippen MR) is 78.6 cm³/mol. The molecule has 5 heteroatoms. The van der Waals surface area contributed by atoms with Crippen molar-refractivity contribution in [2.24, 2.45) is 0 Å². The van der Waals surface area contributed by atoms with E-state index >= 15 is 0 Å². The van der Waals surface area contributed by atoms with Gasteiger partial charge >= 0.3 is 0 Å². The summed E-state index contributed by atoms with van der Waals surface area (Å²) in [6.07, 6.45) is 0.164. The number of pyridine rings is 1. The fourth-order valence-corrected chi connectivity index (χ4v) is 1.59. The highest BCUT2D eigenvalue weighted by molar-refractivity contribution is 5.65. The predicted octanol–water partition coefficient (Wildman–Crippen LogP) is 2.78. The zero-order valence-corrected chi connectivity index (χ0v) is 11.1. The van der Waals surface area contributed by atoms with Gasteiger partial charge in [-0.1, -0.05) is 0 Å². The molecule has 1 heterocycles. The third kappa shape index (κ3) is 3.51. The van der Waals surface area contributed by atoms with Crippen molar-refractivity contribution in [1.82, 2.24) is 4.98 Å². The highest BCUT2D eigenvalue weighted by Gasteiger charge is 2.01. The first kappa shape index (κ1) is 13.0. The number of nitrogens with zero attached hydrogens (tertiary/aromatic N) is 1. The van der Waals surface area contributed by atoms with E-state index < -0.39 is 0 Å². The molecule has 0 bridgehead atoms. The highest BCUT2D eigenvalue weighted by atomic mass is 16.5. The lowest BCUT2D eigenvalue weighted by Crippen LogP contribution is -2.05. The number of hydrogen-bond acceptors (Lipinski definition) is 5.